The van der Waals surface area contributed by atoms with Gasteiger partial charge in [0.25, 0.3) is 0 Å². The van der Waals surface area contributed by atoms with Crippen molar-refractivity contribution >= 4 is 17.1 Å². The average molecular weight is 266 g/mol. The fraction of sp³-hybridized carbons (Fsp3) is 0.250. The summed E-state index contributed by atoms with van der Waals surface area (Å²) in [5.74, 6) is 0.518. The molecular weight excluding hydrogens is 248 g/mol. The number of anilines is 1. The molecule has 2 aromatic heterocycles. The number of benzene rings is 1. The number of hydrogen-bond donors (Lipinski definition) is 1. The Morgan fingerprint density at radius 1 is 1.05 bits per heavy atom. The smallest absolute Gasteiger partial charge is 0.202 e. The van der Waals surface area contributed by atoms with Crippen molar-refractivity contribution in [2.75, 3.05) is 5.73 Å². The Bertz CT molecular complexity index is 758. The van der Waals surface area contributed by atoms with E-state index in [9.17, 15) is 0 Å². The highest BCUT2D eigenvalue weighted by Gasteiger charge is 2.11. The van der Waals surface area contributed by atoms with Gasteiger partial charge in [0.2, 0.25) is 5.95 Å². The molecule has 0 fully saturated rings. The molecule has 2 heterocycles. The van der Waals surface area contributed by atoms with E-state index >= 15 is 0 Å². The number of hydrogen-bond acceptors (Lipinski definition) is 3. The van der Waals surface area contributed by atoms with E-state index in [1.165, 1.54) is 11.1 Å². The highest BCUT2D eigenvalue weighted by molar-refractivity contribution is 5.74. The molecule has 1 aromatic carbocycles. The second-order valence-corrected chi connectivity index (χ2v) is 4.97. The first kappa shape index (κ1) is 12.7. The zero-order chi connectivity index (χ0) is 14.1. The Kier molecular flexibility index (Phi) is 3.14. The SMILES string of the molecule is CCc1ccccc1Cn1c(N)nc2ccc(C)nc21. The molecule has 3 aromatic rings. The first-order chi connectivity index (χ1) is 9.69. The van der Waals surface area contributed by atoms with Gasteiger partial charge < -0.3 is 5.73 Å². The van der Waals surface area contributed by atoms with Gasteiger partial charge >= 0.3 is 0 Å². The minimum Gasteiger partial charge on any atom is -0.369 e. The average Bonchev–Trinajstić information content (AvgIpc) is 2.76. The maximum Gasteiger partial charge on any atom is 0.202 e. The third-order valence-corrected chi connectivity index (χ3v) is 3.59. The summed E-state index contributed by atoms with van der Waals surface area (Å²) in [6, 6.07) is 12.3. The fourth-order valence-corrected chi connectivity index (χ4v) is 2.50. The summed E-state index contributed by atoms with van der Waals surface area (Å²) in [6.07, 6.45) is 1.01. The predicted molar refractivity (Wildman–Crippen MR) is 81.6 cm³/mol. The highest BCUT2D eigenvalue weighted by Crippen LogP contribution is 2.20. The predicted octanol–water partition coefficient (Wildman–Crippen LogP) is 2.93. The van der Waals surface area contributed by atoms with E-state index in [0.29, 0.717) is 12.5 Å². The molecule has 0 amide bonds. The number of aromatic nitrogens is 3. The third-order valence-electron chi connectivity index (χ3n) is 3.59. The van der Waals surface area contributed by atoms with E-state index in [2.05, 4.69) is 41.2 Å². The molecule has 20 heavy (non-hydrogen) atoms. The molecule has 0 saturated carbocycles. The largest absolute Gasteiger partial charge is 0.369 e. The molecule has 4 nitrogen and oxygen atoms in total. The first-order valence-corrected chi connectivity index (χ1v) is 6.85. The van der Waals surface area contributed by atoms with Crippen molar-refractivity contribution in [3.8, 4) is 0 Å². The molecule has 4 heteroatoms. The van der Waals surface area contributed by atoms with Gasteiger partial charge in [-0.2, -0.15) is 0 Å². The van der Waals surface area contributed by atoms with Crippen molar-refractivity contribution in [1.82, 2.24) is 14.5 Å². The van der Waals surface area contributed by atoms with Gasteiger partial charge in [-0.1, -0.05) is 31.2 Å². The number of fused-ring (bicyclic) bond motifs is 1. The van der Waals surface area contributed by atoms with E-state index < -0.39 is 0 Å². The van der Waals surface area contributed by atoms with Crippen molar-refractivity contribution in [2.45, 2.75) is 26.8 Å². The van der Waals surface area contributed by atoms with Crippen LogP contribution in [-0.4, -0.2) is 14.5 Å². The number of aryl methyl sites for hydroxylation is 2. The Morgan fingerprint density at radius 3 is 2.55 bits per heavy atom. The second kappa shape index (κ2) is 4.96. The lowest BCUT2D eigenvalue weighted by atomic mass is 10.1. The van der Waals surface area contributed by atoms with Gasteiger partial charge in [0.05, 0.1) is 6.54 Å². The lowest BCUT2D eigenvalue weighted by Crippen LogP contribution is -2.07. The number of imidazole rings is 1. The van der Waals surface area contributed by atoms with Crippen LogP contribution in [-0.2, 0) is 13.0 Å². The number of nitrogens with two attached hydrogens (primary N) is 1. The van der Waals surface area contributed by atoms with E-state index in [-0.39, 0.29) is 0 Å². The quantitative estimate of drug-likeness (QED) is 0.793. The minimum absolute atomic E-state index is 0.518. The standard InChI is InChI=1S/C16H18N4/c1-3-12-6-4-5-7-13(12)10-20-15-14(19-16(20)17)9-8-11(2)18-15/h4-9H,3,10H2,1-2H3,(H2,17,19). The molecule has 102 valence electrons. The normalized spacial score (nSPS) is 11.1. The second-order valence-electron chi connectivity index (χ2n) is 4.97. The van der Waals surface area contributed by atoms with Crippen LogP contribution < -0.4 is 5.73 Å². The van der Waals surface area contributed by atoms with Gasteiger partial charge in [0.15, 0.2) is 5.65 Å². The number of nitrogens with zero attached hydrogens (tertiary/aromatic N) is 3. The molecule has 0 aliphatic heterocycles. The van der Waals surface area contributed by atoms with Crippen LogP contribution in [0, 0.1) is 6.92 Å². The minimum atomic E-state index is 0.518. The molecule has 0 saturated heterocycles. The van der Waals surface area contributed by atoms with Crippen LogP contribution in [0.2, 0.25) is 0 Å². The number of pyridine rings is 1. The highest BCUT2D eigenvalue weighted by atomic mass is 15.2. The van der Waals surface area contributed by atoms with Gasteiger partial charge in [0, 0.05) is 5.69 Å². The molecule has 0 atom stereocenters. The van der Waals surface area contributed by atoms with Crippen LogP contribution in [0.4, 0.5) is 5.95 Å². The van der Waals surface area contributed by atoms with Crippen LogP contribution in [0.15, 0.2) is 36.4 Å². The van der Waals surface area contributed by atoms with Gasteiger partial charge in [0.1, 0.15) is 5.52 Å². The molecule has 0 aliphatic carbocycles. The Labute approximate surface area is 118 Å². The van der Waals surface area contributed by atoms with Gasteiger partial charge in [-0.15, -0.1) is 0 Å². The summed E-state index contributed by atoms with van der Waals surface area (Å²) in [4.78, 5) is 8.95. The molecule has 0 aliphatic rings. The summed E-state index contributed by atoms with van der Waals surface area (Å²) in [7, 11) is 0. The van der Waals surface area contributed by atoms with Crippen LogP contribution in [0.3, 0.4) is 0 Å². The van der Waals surface area contributed by atoms with Crippen molar-refractivity contribution in [3.63, 3.8) is 0 Å². The lowest BCUT2D eigenvalue weighted by molar-refractivity contribution is 0.814. The topological polar surface area (TPSA) is 56.7 Å². The molecule has 2 N–H and O–H groups in total. The van der Waals surface area contributed by atoms with E-state index in [1.807, 2.05) is 23.6 Å². The lowest BCUT2D eigenvalue weighted by Gasteiger charge is -2.10. The zero-order valence-corrected chi connectivity index (χ0v) is 11.8. The summed E-state index contributed by atoms with van der Waals surface area (Å²) in [5, 5.41) is 0. The zero-order valence-electron chi connectivity index (χ0n) is 11.8. The maximum atomic E-state index is 6.05. The van der Waals surface area contributed by atoms with E-state index in [4.69, 9.17) is 5.73 Å². The summed E-state index contributed by atoms with van der Waals surface area (Å²) < 4.78 is 1.98. The maximum absolute atomic E-state index is 6.05. The molecule has 0 radical (unpaired) electrons. The van der Waals surface area contributed by atoms with Crippen molar-refractivity contribution in [3.05, 3.63) is 53.2 Å². The summed E-state index contributed by atoms with van der Waals surface area (Å²) in [6.45, 7) is 4.85. The number of rotatable bonds is 3. The van der Waals surface area contributed by atoms with Gasteiger partial charge in [-0.25, -0.2) is 9.97 Å². The summed E-state index contributed by atoms with van der Waals surface area (Å²) in [5.41, 5.74) is 11.3. The molecule has 0 bridgehead atoms. The van der Waals surface area contributed by atoms with Gasteiger partial charge in [-0.05, 0) is 36.6 Å². The van der Waals surface area contributed by atoms with E-state index in [0.717, 1.165) is 23.3 Å². The van der Waals surface area contributed by atoms with Crippen molar-refractivity contribution in [2.24, 2.45) is 0 Å². The first-order valence-electron chi connectivity index (χ1n) is 6.85. The van der Waals surface area contributed by atoms with E-state index in [1.54, 1.807) is 0 Å². The fourth-order valence-electron chi connectivity index (χ4n) is 2.50. The molecule has 0 unspecified atom stereocenters. The Morgan fingerprint density at radius 2 is 1.80 bits per heavy atom. The van der Waals surface area contributed by atoms with Crippen LogP contribution in [0.1, 0.15) is 23.7 Å². The Hall–Kier alpha value is -2.36. The van der Waals surface area contributed by atoms with Crippen LogP contribution >= 0.6 is 0 Å². The molecular formula is C16H18N4. The monoisotopic (exact) mass is 266 g/mol. The van der Waals surface area contributed by atoms with Crippen molar-refractivity contribution in [1.29, 1.82) is 0 Å². The van der Waals surface area contributed by atoms with Crippen LogP contribution in [0.5, 0.6) is 0 Å². The Balaban J connectivity index is 2.10. The molecule has 0 spiro atoms. The van der Waals surface area contributed by atoms with Crippen LogP contribution in [0.25, 0.3) is 11.2 Å². The molecule has 3 rings (SSSR count). The summed E-state index contributed by atoms with van der Waals surface area (Å²) >= 11 is 0. The van der Waals surface area contributed by atoms with Gasteiger partial charge in [-0.3, -0.25) is 4.57 Å². The number of nitrogen functional groups attached to an aromatic ring is 1. The third kappa shape index (κ3) is 2.13. The van der Waals surface area contributed by atoms with Crippen molar-refractivity contribution < 1.29 is 0 Å².